The van der Waals surface area contributed by atoms with E-state index in [0.717, 1.165) is 50.2 Å². The molecule has 0 bridgehead atoms. The maximum absolute atomic E-state index is 4.74. The van der Waals surface area contributed by atoms with Crippen molar-refractivity contribution in [3.8, 4) is 0 Å². The van der Waals surface area contributed by atoms with Crippen molar-refractivity contribution in [1.29, 1.82) is 0 Å². The maximum Gasteiger partial charge on any atom is 0.191 e. The number of rotatable bonds is 7. The Morgan fingerprint density at radius 1 is 1.25 bits per heavy atom. The summed E-state index contributed by atoms with van der Waals surface area (Å²) in [4.78, 5) is 14.5. The fourth-order valence-electron chi connectivity index (χ4n) is 3.37. The molecule has 3 rings (SSSR count). The summed E-state index contributed by atoms with van der Waals surface area (Å²) < 4.78 is 0. The van der Waals surface area contributed by atoms with Crippen LogP contribution in [-0.2, 0) is 13.1 Å². The molecule has 8 heteroatoms. The number of guanidine groups is 1. The Labute approximate surface area is 194 Å². The lowest BCUT2D eigenvalue weighted by Crippen LogP contribution is -2.42. The topological polar surface area (TPSA) is 52.6 Å². The van der Waals surface area contributed by atoms with Gasteiger partial charge in [-0.1, -0.05) is 0 Å². The zero-order valence-electron chi connectivity index (χ0n) is 17.0. The van der Waals surface area contributed by atoms with E-state index in [0.29, 0.717) is 5.92 Å². The smallest absolute Gasteiger partial charge is 0.191 e. The minimum Gasteiger partial charge on any atom is -0.357 e. The molecular weight excluding hydrogens is 501 g/mol. The highest BCUT2D eigenvalue weighted by atomic mass is 127. The molecule has 5 nitrogen and oxygen atoms in total. The highest BCUT2D eigenvalue weighted by Crippen LogP contribution is 2.19. The predicted octanol–water partition coefficient (Wildman–Crippen LogP) is 4.41. The molecule has 0 atom stereocenters. The number of thiazole rings is 1. The van der Waals surface area contributed by atoms with Gasteiger partial charge < -0.3 is 10.6 Å². The zero-order valence-corrected chi connectivity index (χ0v) is 21.0. The van der Waals surface area contributed by atoms with E-state index in [-0.39, 0.29) is 24.0 Å². The first-order valence-corrected chi connectivity index (χ1v) is 11.5. The lowest BCUT2D eigenvalue weighted by molar-refractivity contribution is 0.176. The van der Waals surface area contributed by atoms with Crippen LogP contribution < -0.4 is 10.6 Å². The molecule has 28 heavy (non-hydrogen) atoms. The van der Waals surface area contributed by atoms with E-state index in [2.05, 4.69) is 58.8 Å². The highest BCUT2D eigenvalue weighted by molar-refractivity contribution is 14.0. The number of nitrogens with zero attached hydrogens (tertiary/aromatic N) is 3. The summed E-state index contributed by atoms with van der Waals surface area (Å²) in [6, 6.07) is 4.34. The molecule has 0 amide bonds. The molecule has 0 unspecified atom stereocenters. The van der Waals surface area contributed by atoms with Crippen molar-refractivity contribution in [2.75, 3.05) is 26.2 Å². The number of aliphatic imine (C=N–C) groups is 1. The first kappa shape index (κ1) is 23.6. The SMILES string of the molecule is CCNC(=NCc1ccc(C)s1)NCC1CCN(Cc2csc(C)n2)CC1.I. The van der Waals surface area contributed by atoms with Gasteiger partial charge in [-0.25, -0.2) is 9.98 Å². The fraction of sp³-hybridized carbons (Fsp3) is 0.600. The number of likely N-dealkylation sites (tertiary alicyclic amines) is 1. The summed E-state index contributed by atoms with van der Waals surface area (Å²) in [5, 5.41) is 10.3. The van der Waals surface area contributed by atoms with Crippen molar-refractivity contribution in [3.05, 3.63) is 38.0 Å². The molecule has 1 aliphatic heterocycles. The van der Waals surface area contributed by atoms with Crippen LogP contribution in [0.5, 0.6) is 0 Å². The van der Waals surface area contributed by atoms with Crippen molar-refractivity contribution < 1.29 is 0 Å². The number of piperidine rings is 1. The Morgan fingerprint density at radius 3 is 2.64 bits per heavy atom. The summed E-state index contributed by atoms with van der Waals surface area (Å²) in [6.07, 6.45) is 2.47. The van der Waals surface area contributed by atoms with Gasteiger partial charge in [-0.05, 0) is 64.8 Å². The van der Waals surface area contributed by atoms with Crippen LogP contribution in [0.2, 0.25) is 0 Å². The standard InChI is InChI=1S/C20H31N5S2.HI/c1-4-21-20(23-12-19-6-5-15(2)27-19)22-11-17-7-9-25(10-8-17)13-18-14-26-16(3)24-18;/h5-6,14,17H,4,7-13H2,1-3H3,(H2,21,22,23);1H. The molecule has 1 aliphatic rings. The highest BCUT2D eigenvalue weighted by Gasteiger charge is 2.20. The number of thiophene rings is 1. The van der Waals surface area contributed by atoms with Crippen molar-refractivity contribution in [2.45, 2.75) is 46.7 Å². The van der Waals surface area contributed by atoms with Crippen LogP contribution in [-0.4, -0.2) is 42.0 Å². The van der Waals surface area contributed by atoms with Gasteiger partial charge in [0.05, 0.1) is 17.2 Å². The Kier molecular flexibility index (Phi) is 10.2. The first-order valence-electron chi connectivity index (χ1n) is 9.83. The monoisotopic (exact) mass is 533 g/mol. The maximum atomic E-state index is 4.74. The zero-order chi connectivity index (χ0) is 19.1. The summed E-state index contributed by atoms with van der Waals surface area (Å²) in [7, 11) is 0. The van der Waals surface area contributed by atoms with Crippen molar-refractivity contribution in [3.63, 3.8) is 0 Å². The summed E-state index contributed by atoms with van der Waals surface area (Å²) in [5.74, 6) is 1.65. The van der Waals surface area contributed by atoms with Gasteiger partial charge in [0.2, 0.25) is 0 Å². The van der Waals surface area contributed by atoms with E-state index in [9.17, 15) is 0 Å². The second kappa shape index (κ2) is 12.1. The van der Waals surface area contributed by atoms with Crippen LogP contribution in [0.1, 0.15) is 40.2 Å². The molecule has 0 aromatic carbocycles. The Balaban J connectivity index is 0.00000280. The van der Waals surface area contributed by atoms with Crippen molar-refractivity contribution in [2.24, 2.45) is 10.9 Å². The third kappa shape index (κ3) is 7.61. The predicted molar refractivity (Wildman–Crippen MR) is 132 cm³/mol. The van der Waals surface area contributed by atoms with E-state index in [1.807, 2.05) is 11.3 Å². The van der Waals surface area contributed by atoms with Gasteiger partial charge in [0, 0.05) is 34.8 Å². The minimum atomic E-state index is 0. The van der Waals surface area contributed by atoms with Crippen LogP contribution in [0.3, 0.4) is 0 Å². The summed E-state index contributed by atoms with van der Waals surface area (Å²) >= 11 is 3.57. The van der Waals surface area contributed by atoms with Crippen LogP contribution in [0, 0.1) is 19.8 Å². The Hall–Kier alpha value is -0.710. The Bertz CT molecular complexity index is 735. The number of hydrogen-bond acceptors (Lipinski definition) is 5. The third-order valence-electron chi connectivity index (χ3n) is 4.85. The molecule has 3 heterocycles. The molecule has 0 radical (unpaired) electrons. The number of halogens is 1. The van der Waals surface area contributed by atoms with E-state index in [1.165, 1.54) is 28.3 Å². The average Bonchev–Trinajstić information content (AvgIpc) is 3.26. The number of aryl methyl sites for hydroxylation is 2. The van der Waals surface area contributed by atoms with E-state index >= 15 is 0 Å². The van der Waals surface area contributed by atoms with E-state index in [4.69, 9.17) is 4.99 Å². The normalized spacial score (nSPS) is 16.0. The third-order valence-corrected chi connectivity index (χ3v) is 6.66. The summed E-state index contributed by atoms with van der Waals surface area (Å²) in [5.41, 5.74) is 1.22. The van der Waals surface area contributed by atoms with Gasteiger partial charge >= 0.3 is 0 Å². The van der Waals surface area contributed by atoms with Gasteiger partial charge in [0.25, 0.3) is 0 Å². The van der Waals surface area contributed by atoms with Crippen LogP contribution >= 0.6 is 46.7 Å². The van der Waals surface area contributed by atoms with Gasteiger partial charge in [-0.3, -0.25) is 4.90 Å². The van der Waals surface area contributed by atoms with E-state index in [1.54, 1.807) is 11.3 Å². The number of nitrogens with one attached hydrogen (secondary N) is 2. The van der Waals surface area contributed by atoms with Gasteiger partial charge in [-0.2, -0.15) is 0 Å². The van der Waals surface area contributed by atoms with Gasteiger partial charge in [-0.15, -0.1) is 46.7 Å². The Morgan fingerprint density at radius 2 is 2.04 bits per heavy atom. The second-order valence-corrected chi connectivity index (χ2v) is 9.60. The molecule has 2 N–H and O–H groups in total. The molecule has 1 saturated heterocycles. The molecule has 2 aromatic heterocycles. The first-order chi connectivity index (χ1) is 13.1. The quantitative estimate of drug-likeness (QED) is 0.315. The average molecular weight is 534 g/mol. The lowest BCUT2D eigenvalue weighted by atomic mass is 9.97. The van der Waals surface area contributed by atoms with Gasteiger partial charge in [0.1, 0.15) is 0 Å². The molecule has 0 aliphatic carbocycles. The van der Waals surface area contributed by atoms with Crippen LogP contribution in [0.4, 0.5) is 0 Å². The second-order valence-electron chi connectivity index (χ2n) is 7.17. The molecular formula is C20H32IN5S2. The minimum absolute atomic E-state index is 0. The number of aromatic nitrogens is 1. The van der Waals surface area contributed by atoms with Gasteiger partial charge in [0.15, 0.2) is 5.96 Å². The molecule has 0 saturated carbocycles. The number of hydrogen-bond donors (Lipinski definition) is 2. The lowest BCUT2D eigenvalue weighted by Gasteiger charge is -2.31. The molecule has 0 spiro atoms. The summed E-state index contributed by atoms with van der Waals surface area (Å²) in [6.45, 7) is 12.3. The molecule has 1 fully saturated rings. The van der Waals surface area contributed by atoms with Crippen molar-refractivity contribution in [1.82, 2.24) is 20.5 Å². The van der Waals surface area contributed by atoms with Crippen LogP contribution in [0.15, 0.2) is 22.5 Å². The largest absolute Gasteiger partial charge is 0.357 e. The fourth-order valence-corrected chi connectivity index (χ4v) is 4.79. The molecule has 156 valence electrons. The molecule has 2 aromatic rings. The van der Waals surface area contributed by atoms with E-state index < -0.39 is 0 Å². The van der Waals surface area contributed by atoms with Crippen LogP contribution in [0.25, 0.3) is 0 Å². The van der Waals surface area contributed by atoms with Crippen molar-refractivity contribution >= 4 is 52.6 Å².